The summed E-state index contributed by atoms with van der Waals surface area (Å²) in [5.41, 5.74) is 0.945. The molecule has 0 aromatic heterocycles. The van der Waals surface area contributed by atoms with E-state index in [1.165, 1.54) is 18.4 Å². The average molecular weight is 414 g/mol. The standard InChI is InChI=1S/C25H39N3O2/c1-26(2)25(21-7-4-3-5-8-21)15-13-23(14-16-25)18-27(19-24(30)11-6-12-24)22(29)28(23)17-20-9-10-20/h3-5,7-8,20,22,29-30H,6,9-19H2,1-2H3/t22?,23-,25+. The molecule has 0 amide bonds. The van der Waals surface area contributed by atoms with Crippen LogP contribution in [0.2, 0.25) is 0 Å². The second-order valence-corrected chi connectivity index (χ2v) is 10.9. The predicted octanol–water partition coefficient (Wildman–Crippen LogP) is 2.97. The highest BCUT2D eigenvalue weighted by atomic mass is 16.3. The second kappa shape index (κ2) is 7.56. The van der Waals surface area contributed by atoms with Crippen LogP contribution in [-0.2, 0) is 5.54 Å². The third-order valence-corrected chi connectivity index (χ3v) is 8.82. The summed E-state index contributed by atoms with van der Waals surface area (Å²) in [7, 11) is 4.43. The molecule has 1 spiro atoms. The molecule has 1 atom stereocenters. The minimum atomic E-state index is -0.580. The minimum Gasteiger partial charge on any atom is -0.389 e. The maximum atomic E-state index is 11.3. The molecule has 166 valence electrons. The maximum absolute atomic E-state index is 11.3. The first-order valence-corrected chi connectivity index (χ1v) is 12.0. The topological polar surface area (TPSA) is 50.2 Å². The molecule has 5 heteroatoms. The molecule has 1 aromatic rings. The molecule has 0 radical (unpaired) electrons. The van der Waals surface area contributed by atoms with Gasteiger partial charge < -0.3 is 10.2 Å². The summed E-state index contributed by atoms with van der Waals surface area (Å²) in [6, 6.07) is 11.0. The van der Waals surface area contributed by atoms with Crippen molar-refractivity contribution in [3.05, 3.63) is 35.9 Å². The van der Waals surface area contributed by atoms with Crippen molar-refractivity contribution in [1.82, 2.24) is 14.7 Å². The highest BCUT2D eigenvalue weighted by Gasteiger charge is 2.56. The highest BCUT2D eigenvalue weighted by molar-refractivity contribution is 5.26. The Kier molecular flexibility index (Phi) is 5.27. The van der Waals surface area contributed by atoms with Crippen LogP contribution in [0.3, 0.4) is 0 Å². The maximum Gasteiger partial charge on any atom is 0.166 e. The van der Waals surface area contributed by atoms with E-state index in [9.17, 15) is 10.2 Å². The molecule has 30 heavy (non-hydrogen) atoms. The van der Waals surface area contributed by atoms with E-state index in [4.69, 9.17) is 0 Å². The molecule has 3 aliphatic carbocycles. The number of rotatable bonds is 6. The fraction of sp³-hybridized carbons (Fsp3) is 0.760. The van der Waals surface area contributed by atoms with E-state index in [0.29, 0.717) is 6.54 Å². The van der Waals surface area contributed by atoms with Gasteiger partial charge >= 0.3 is 0 Å². The van der Waals surface area contributed by atoms with Crippen LogP contribution < -0.4 is 0 Å². The van der Waals surface area contributed by atoms with Crippen molar-refractivity contribution in [2.45, 2.75) is 80.8 Å². The van der Waals surface area contributed by atoms with E-state index in [-0.39, 0.29) is 11.1 Å². The SMILES string of the molecule is CN(C)[C@]1(c2ccccc2)CC[C@]2(CC1)CN(CC1(O)CCC1)C(O)N2CC1CC1. The van der Waals surface area contributed by atoms with Crippen LogP contribution in [0.15, 0.2) is 30.3 Å². The van der Waals surface area contributed by atoms with Crippen LogP contribution in [0.25, 0.3) is 0 Å². The van der Waals surface area contributed by atoms with Gasteiger partial charge in [0.2, 0.25) is 0 Å². The van der Waals surface area contributed by atoms with Gasteiger partial charge in [-0.3, -0.25) is 14.7 Å². The Labute approximate surface area is 181 Å². The largest absolute Gasteiger partial charge is 0.389 e. The molecule has 1 unspecified atom stereocenters. The zero-order valence-corrected chi connectivity index (χ0v) is 18.8. The van der Waals surface area contributed by atoms with Crippen molar-refractivity contribution in [2.75, 3.05) is 33.7 Å². The molecule has 5 rings (SSSR count). The smallest absolute Gasteiger partial charge is 0.166 e. The summed E-state index contributed by atoms with van der Waals surface area (Å²) < 4.78 is 0. The predicted molar refractivity (Wildman–Crippen MR) is 119 cm³/mol. The van der Waals surface area contributed by atoms with Gasteiger partial charge in [-0.1, -0.05) is 30.3 Å². The summed E-state index contributed by atoms with van der Waals surface area (Å²) in [6.07, 6.45) is 9.33. The molecule has 3 saturated carbocycles. The zero-order valence-electron chi connectivity index (χ0n) is 18.8. The summed E-state index contributed by atoms with van der Waals surface area (Å²) in [5.74, 6) is 0.748. The molecular formula is C25H39N3O2. The van der Waals surface area contributed by atoms with Gasteiger partial charge in [-0.2, -0.15) is 0 Å². The summed E-state index contributed by atoms with van der Waals surface area (Å²) in [4.78, 5) is 7.03. The second-order valence-electron chi connectivity index (χ2n) is 10.9. The fourth-order valence-electron chi connectivity index (χ4n) is 6.43. The molecule has 1 aliphatic heterocycles. The normalized spacial score (nSPS) is 37.0. The van der Waals surface area contributed by atoms with E-state index >= 15 is 0 Å². The molecule has 4 aliphatic rings. The monoisotopic (exact) mass is 413 g/mol. The fourth-order valence-corrected chi connectivity index (χ4v) is 6.43. The van der Waals surface area contributed by atoms with E-state index < -0.39 is 12.0 Å². The first-order valence-electron chi connectivity index (χ1n) is 12.0. The lowest BCUT2D eigenvalue weighted by Crippen LogP contribution is -2.56. The summed E-state index contributed by atoms with van der Waals surface area (Å²) in [5, 5.41) is 22.1. The Balaban J connectivity index is 1.38. The molecule has 2 N–H and O–H groups in total. The van der Waals surface area contributed by atoms with Crippen LogP contribution in [0.1, 0.15) is 63.4 Å². The van der Waals surface area contributed by atoms with E-state index in [1.807, 2.05) is 0 Å². The average Bonchev–Trinajstić information content (AvgIpc) is 3.51. The lowest BCUT2D eigenvalue weighted by Gasteiger charge is -2.51. The van der Waals surface area contributed by atoms with Crippen molar-refractivity contribution in [1.29, 1.82) is 0 Å². The van der Waals surface area contributed by atoms with Crippen molar-refractivity contribution in [3.8, 4) is 0 Å². The molecule has 1 heterocycles. The third-order valence-electron chi connectivity index (χ3n) is 8.82. The molecule has 1 aromatic carbocycles. The lowest BCUT2D eigenvalue weighted by molar-refractivity contribution is -0.126. The van der Waals surface area contributed by atoms with Gasteiger partial charge in [-0.05, 0) is 83.4 Å². The number of hydrogen-bond donors (Lipinski definition) is 2. The Hall–Kier alpha value is -0.980. The zero-order chi connectivity index (χ0) is 21.0. The number of benzene rings is 1. The van der Waals surface area contributed by atoms with Crippen molar-refractivity contribution >= 4 is 0 Å². The third kappa shape index (κ3) is 3.53. The number of aliphatic hydroxyl groups excluding tert-OH is 1. The van der Waals surface area contributed by atoms with Gasteiger partial charge in [-0.15, -0.1) is 0 Å². The van der Waals surface area contributed by atoms with Gasteiger partial charge in [0.15, 0.2) is 6.35 Å². The quantitative estimate of drug-likeness (QED) is 0.751. The van der Waals surface area contributed by atoms with E-state index in [0.717, 1.165) is 64.0 Å². The van der Waals surface area contributed by atoms with Crippen LogP contribution in [0.4, 0.5) is 0 Å². The first-order chi connectivity index (χ1) is 14.4. The van der Waals surface area contributed by atoms with Gasteiger partial charge in [0.1, 0.15) is 0 Å². The van der Waals surface area contributed by atoms with Crippen LogP contribution in [-0.4, -0.2) is 76.1 Å². The van der Waals surface area contributed by atoms with Crippen molar-refractivity contribution in [3.63, 3.8) is 0 Å². The Morgan fingerprint density at radius 3 is 2.20 bits per heavy atom. The highest BCUT2D eigenvalue weighted by Crippen LogP contribution is 2.51. The summed E-state index contributed by atoms with van der Waals surface area (Å²) >= 11 is 0. The minimum absolute atomic E-state index is 0.0381. The number of nitrogens with zero attached hydrogens (tertiary/aromatic N) is 3. The van der Waals surface area contributed by atoms with Gasteiger partial charge in [-0.25, -0.2) is 0 Å². The Bertz CT molecular complexity index is 736. The van der Waals surface area contributed by atoms with E-state index in [2.05, 4.69) is 59.1 Å². The van der Waals surface area contributed by atoms with Gasteiger partial charge in [0.05, 0.1) is 5.60 Å². The molecule has 1 saturated heterocycles. The van der Waals surface area contributed by atoms with Crippen LogP contribution >= 0.6 is 0 Å². The Morgan fingerprint density at radius 1 is 1.00 bits per heavy atom. The van der Waals surface area contributed by atoms with Gasteiger partial charge in [0, 0.05) is 30.7 Å². The van der Waals surface area contributed by atoms with Gasteiger partial charge in [0.25, 0.3) is 0 Å². The van der Waals surface area contributed by atoms with Crippen molar-refractivity contribution < 1.29 is 10.2 Å². The number of β-amino-alcohol motifs (C(OH)–C–C–N with tert-alkyl or cyclic N) is 1. The van der Waals surface area contributed by atoms with E-state index in [1.54, 1.807) is 0 Å². The summed E-state index contributed by atoms with van der Waals surface area (Å²) in [6.45, 7) is 2.52. The van der Waals surface area contributed by atoms with Crippen molar-refractivity contribution in [2.24, 2.45) is 5.92 Å². The lowest BCUT2D eigenvalue weighted by atomic mass is 9.68. The number of hydrogen-bond acceptors (Lipinski definition) is 5. The first kappa shape index (κ1) is 20.9. The molecule has 4 fully saturated rings. The molecule has 0 bridgehead atoms. The van der Waals surface area contributed by atoms with Crippen LogP contribution in [0.5, 0.6) is 0 Å². The Morgan fingerprint density at radius 2 is 1.67 bits per heavy atom. The van der Waals surface area contributed by atoms with Crippen LogP contribution in [0, 0.1) is 5.92 Å². The molecule has 5 nitrogen and oxygen atoms in total. The number of aliphatic hydroxyl groups is 2. The molecular weight excluding hydrogens is 374 g/mol.